The third kappa shape index (κ3) is 4.35. The summed E-state index contributed by atoms with van der Waals surface area (Å²) >= 11 is 0. The summed E-state index contributed by atoms with van der Waals surface area (Å²) < 4.78 is 5.64. The van der Waals surface area contributed by atoms with Crippen LogP contribution in [0, 0.1) is 0 Å². The van der Waals surface area contributed by atoms with Crippen molar-refractivity contribution in [2.75, 3.05) is 0 Å². The summed E-state index contributed by atoms with van der Waals surface area (Å²) in [5, 5.41) is 3.51. The van der Waals surface area contributed by atoms with Gasteiger partial charge in [-0.1, -0.05) is 12.1 Å². The second-order valence-corrected chi connectivity index (χ2v) is 5.19. The molecule has 1 heterocycles. The normalized spacial score (nSPS) is 12.4. The van der Waals surface area contributed by atoms with Crippen molar-refractivity contribution in [1.82, 2.24) is 10.3 Å². The van der Waals surface area contributed by atoms with Gasteiger partial charge in [-0.15, -0.1) is 0 Å². The summed E-state index contributed by atoms with van der Waals surface area (Å²) in [5.41, 5.74) is 2.50. The highest BCUT2D eigenvalue weighted by Gasteiger charge is 2.04. The van der Waals surface area contributed by atoms with E-state index in [1.54, 1.807) is 0 Å². The molecular formula is C17H22N2O. The topological polar surface area (TPSA) is 34.1 Å². The van der Waals surface area contributed by atoms with Crippen LogP contribution in [0.3, 0.4) is 0 Å². The fourth-order valence-electron chi connectivity index (χ4n) is 2.00. The first-order valence-corrected chi connectivity index (χ1v) is 7.04. The van der Waals surface area contributed by atoms with Crippen LogP contribution in [-0.4, -0.2) is 11.1 Å². The third-order valence-electron chi connectivity index (χ3n) is 3.11. The molecule has 3 nitrogen and oxygen atoms in total. The Labute approximate surface area is 121 Å². The van der Waals surface area contributed by atoms with E-state index in [0.29, 0.717) is 6.04 Å². The van der Waals surface area contributed by atoms with Gasteiger partial charge in [-0.25, -0.2) is 0 Å². The van der Waals surface area contributed by atoms with Gasteiger partial charge in [0.15, 0.2) is 0 Å². The molecule has 2 rings (SSSR count). The number of ether oxygens (including phenoxy) is 1. The number of nitrogens with zero attached hydrogens (tertiary/aromatic N) is 1. The molecule has 0 bridgehead atoms. The van der Waals surface area contributed by atoms with Crippen molar-refractivity contribution in [3.05, 3.63) is 59.9 Å². The summed E-state index contributed by atoms with van der Waals surface area (Å²) in [7, 11) is 0. The number of rotatable bonds is 6. The van der Waals surface area contributed by atoms with Crippen LogP contribution in [0.5, 0.6) is 5.75 Å². The smallest absolute Gasteiger partial charge is 0.119 e. The van der Waals surface area contributed by atoms with Crippen molar-refractivity contribution in [1.29, 1.82) is 0 Å². The minimum atomic E-state index is 0.214. The van der Waals surface area contributed by atoms with Crippen LogP contribution in [0.2, 0.25) is 0 Å². The molecule has 0 radical (unpaired) electrons. The maximum absolute atomic E-state index is 5.64. The Morgan fingerprint density at radius 2 is 1.65 bits per heavy atom. The predicted molar refractivity (Wildman–Crippen MR) is 81.7 cm³/mol. The zero-order valence-corrected chi connectivity index (χ0v) is 12.3. The molecule has 0 saturated carbocycles. The molecule has 20 heavy (non-hydrogen) atoms. The number of hydrogen-bond acceptors (Lipinski definition) is 3. The molecule has 0 aliphatic heterocycles. The number of benzene rings is 1. The summed E-state index contributed by atoms with van der Waals surface area (Å²) in [6.45, 7) is 7.06. The van der Waals surface area contributed by atoms with Gasteiger partial charge < -0.3 is 10.1 Å². The van der Waals surface area contributed by atoms with E-state index >= 15 is 0 Å². The SMILES string of the molecule is CC(C)Oc1ccc(CN[C@H](C)c2ccncc2)cc1. The van der Waals surface area contributed by atoms with Gasteiger partial charge in [0.1, 0.15) is 5.75 Å². The summed E-state index contributed by atoms with van der Waals surface area (Å²) in [5.74, 6) is 0.922. The van der Waals surface area contributed by atoms with E-state index in [9.17, 15) is 0 Å². The number of aromatic nitrogens is 1. The second-order valence-electron chi connectivity index (χ2n) is 5.19. The fourth-order valence-corrected chi connectivity index (χ4v) is 2.00. The summed E-state index contributed by atoms with van der Waals surface area (Å²) in [4.78, 5) is 4.04. The highest BCUT2D eigenvalue weighted by Crippen LogP contribution is 2.15. The molecule has 0 spiro atoms. The van der Waals surface area contributed by atoms with Gasteiger partial charge >= 0.3 is 0 Å². The van der Waals surface area contributed by atoms with Gasteiger partial charge in [-0.3, -0.25) is 4.98 Å². The lowest BCUT2D eigenvalue weighted by molar-refractivity contribution is 0.242. The van der Waals surface area contributed by atoms with E-state index in [4.69, 9.17) is 4.74 Å². The lowest BCUT2D eigenvalue weighted by Gasteiger charge is -2.14. The molecule has 106 valence electrons. The number of hydrogen-bond donors (Lipinski definition) is 1. The van der Waals surface area contributed by atoms with Crippen molar-refractivity contribution in [2.45, 2.75) is 39.5 Å². The lowest BCUT2D eigenvalue weighted by Crippen LogP contribution is -2.18. The molecule has 2 aromatic rings. The van der Waals surface area contributed by atoms with Crippen molar-refractivity contribution in [3.63, 3.8) is 0 Å². The van der Waals surface area contributed by atoms with Gasteiger partial charge in [-0.05, 0) is 56.2 Å². The van der Waals surface area contributed by atoms with Crippen LogP contribution in [0.25, 0.3) is 0 Å². The maximum atomic E-state index is 5.64. The molecule has 0 amide bonds. The van der Waals surface area contributed by atoms with Gasteiger partial charge in [0.25, 0.3) is 0 Å². The van der Waals surface area contributed by atoms with Crippen molar-refractivity contribution < 1.29 is 4.74 Å². The number of nitrogens with one attached hydrogen (secondary N) is 1. The number of pyridine rings is 1. The van der Waals surface area contributed by atoms with E-state index in [-0.39, 0.29) is 6.10 Å². The Morgan fingerprint density at radius 3 is 2.25 bits per heavy atom. The molecule has 0 aliphatic carbocycles. The third-order valence-corrected chi connectivity index (χ3v) is 3.11. The molecule has 1 N–H and O–H groups in total. The Bertz CT molecular complexity index is 508. The molecule has 1 atom stereocenters. The van der Waals surface area contributed by atoms with E-state index in [1.807, 2.05) is 50.5 Å². The zero-order chi connectivity index (χ0) is 14.4. The van der Waals surface area contributed by atoms with Crippen LogP contribution in [0.4, 0.5) is 0 Å². The standard InChI is InChI=1S/C17H22N2O/c1-13(2)20-17-6-4-15(5-7-17)12-19-14(3)16-8-10-18-11-9-16/h4-11,13-14,19H,12H2,1-3H3/t14-/m1/s1. The van der Waals surface area contributed by atoms with Gasteiger partial charge in [0.2, 0.25) is 0 Å². The molecular weight excluding hydrogens is 248 g/mol. The Kier molecular flexibility index (Phi) is 5.13. The van der Waals surface area contributed by atoms with Crippen LogP contribution < -0.4 is 10.1 Å². The van der Waals surface area contributed by atoms with Gasteiger partial charge in [0.05, 0.1) is 6.10 Å². The van der Waals surface area contributed by atoms with E-state index in [2.05, 4.69) is 29.4 Å². The Balaban J connectivity index is 1.88. The molecule has 1 aromatic heterocycles. The van der Waals surface area contributed by atoms with Crippen molar-refractivity contribution in [3.8, 4) is 5.75 Å². The Hall–Kier alpha value is -1.87. The zero-order valence-electron chi connectivity index (χ0n) is 12.3. The molecule has 0 aliphatic rings. The van der Waals surface area contributed by atoms with Crippen molar-refractivity contribution >= 4 is 0 Å². The predicted octanol–water partition coefficient (Wildman–Crippen LogP) is 3.72. The highest BCUT2D eigenvalue weighted by molar-refractivity contribution is 5.27. The largest absolute Gasteiger partial charge is 0.491 e. The molecule has 3 heteroatoms. The second kappa shape index (κ2) is 7.06. The first kappa shape index (κ1) is 14.5. The fraction of sp³-hybridized carbons (Fsp3) is 0.353. The minimum absolute atomic E-state index is 0.214. The van der Waals surface area contributed by atoms with Crippen LogP contribution in [-0.2, 0) is 6.54 Å². The summed E-state index contributed by atoms with van der Waals surface area (Å²) in [6.07, 6.45) is 3.86. The van der Waals surface area contributed by atoms with E-state index in [1.165, 1.54) is 11.1 Å². The average molecular weight is 270 g/mol. The molecule has 0 unspecified atom stereocenters. The monoisotopic (exact) mass is 270 g/mol. The van der Waals surface area contributed by atoms with Crippen molar-refractivity contribution in [2.24, 2.45) is 0 Å². The lowest BCUT2D eigenvalue weighted by atomic mass is 10.1. The minimum Gasteiger partial charge on any atom is -0.491 e. The molecule has 1 aromatic carbocycles. The maximum Gasteiger partial charge on any atom is 0.119 e. The van der Waals surface area contributed by atoms with Gasteiger partial charge in [-0.2, -0.15) is 0 Å². The first-order chi connectivity index (χ1) is 9.65. The van der Waals surface area contributed by atoms with E-state index < -0.39 is 0 Å². The van der Waals surface area contributed by atoms with Crippen LogP contribution in [0.1, 0.15) is 37.9 Å². The average Bonchev–Trinajstić information content (AvgIpc) is 2.46. The van der Waals surface area contributed by atoms with Crippen LogP contribution in [0.15, 0.2) is 48.8 Å². The molecule has 0 fully saturated rings. The Morgan fingerprint density at radius 1 is 1.00 bits per heavy atom. The first-order valence-electron chi connectivity index (χ1n) is 7.04. The molecule has 0 saturated heterocycles. The van der Waals surface area contributed by atoms with Crippen LogP contribution >= 0.6 is 0 Å². The van der Waals surface area contributed by atoms with E-state index in [0.717, 1.165) is 12.3 Å². The summed E-state index contributed by atoms with van der Waals surface area (Å²) in [6, 6.07) is 12.6. The van der Waals surface area contributed by atoms with Gasteiger partial charge in [0, 0.05) is 25.0 Å². The quantitative estimate of drug-likeness (QED) is 0.868. The highest BCUT2D eigenvalue weighted by atomic mass is 16.5.